The maximum Gasteiger partial charge on any atom is 0.144 e. The zero-order valence-electron chi connectivity index (χ0n) is 14.3. The Bertz CT molecular complexity index is 772. The van der Waals surface area contributed by atoms with Crippen LogP contribution in [0.3, 0.4) is 0 Å². The number of halogens is 1. The Morgan fingerprint density at radius 2 is 1.44 bits per heavy atom. The average Bonchev–Trinajstić information content (AvgIpc) is 3.41. The van der Waals surface area contributed by atoms with Crippen molar-refractivity contribution in [1.29, 1.82) is 0 Å². The molecule has 0 radical (unpaired) electrons. The van der Waals surface area contributed by atoms with Gasteiger partial charge in [-0.3, -0.25) is 4.57 Å². The molecule has 1 saturated carbocycles. The number of ether oxygens (including phenoxy) is 2. The van der Waals surface area contributed by atoms with Crippen LogP contribution < -0.4 is 9.47 Å². The van der Waals surface area contributed by atoms with Crippen molar-refractivity contribution in [2.75, 3.05) is 14.2 Å². The highest BCUT2D eigenvalue weighted by Gasteiger charge is 2.27. The molecule has 0 saturated heterocycles. The summed E-state index contributed by atoms with van der Waals surface area (Å²) >= 11 is 0. The summed E-state index contributed by atoms with van der Waals surface area (Å²) in [6.07, 6.45) is 4.64. The summed E-state index contributed by atoms with van der Waals surface area (Å²) in [5, 5.41) is 0. The largest absolute Gasteiger partial charge is 0.497 e. The Morgan fingerprint density at radius 1 is 0.880 bits per heavy atom. The van der Waals surface area contributed by atoms with E-state index in [1.54, 1.807) is 14.2 Å². The molecule has 4 rings (SSSR count). The lowest BCUT2D eigenvalue weighted by molar-refractivity contribution is 0.414. The van der Waals surface area contributed by atoms with Crippen LogP contribution in [0, 0.1) is 0 Å². The minimum atomic E-state index is 0. The first-order chi connectivity index (χ1) is 11.8. The van der Waals surface area contributed by atoms with Crippen molar-refractivity contribution in [3.8, 4) is 28.6 Å². The van der Waals surface area contributed by atoms with Gasteiger partial charge in [0.05, 0.1) is 19.9 Å². The number of imidazole rings is 1. The van der Waals surface area contributed by atoms with E-state index in [-0.39, 0.29) is 12.4 Å². The second kappa shape index (κ2) is 7.19. The predicted molar refractivity (Wildman–Crippen MR) is 101 cm³/mol. The van der Waals surface area contributed by atoms with Crippen LogP contribution >= 0.6 is 12.4 Å². The van der Waals surface area contributed by atoms with E-state index in [0.717, 1.165) is 28.6 Å². The van der Waals surface area contributed by atoms with Gasteiger partial charge in [0.25, 0.3) is 0 Å². The first-order valence-electron chi connectivity index (χ1n) is 8.16. The van der Waals surface area contributed by atoms with E-state index in [2.05, 4.69) is 35.0 Å². The molecule has 1 aliphatic carbocycles. The molecule has 0 spiro atoms. The molecule has 4 nitrogen and oxygen atoms in total. The molecule has 0 atom stereocenters. The van der Waals surface area contributed by atoms with Crippen LogP contribution in [0.2, 0.25) is 0 Å². The summed E-state index contributed by atoms with van der Waals surface area (Å²) in [6.45, 7) is 0. The Labute approximate surface area is 153 Å². The molecule has 1 fully saturated rings. The Hall–Kier alpha value is -2.46. The zero-order valence-corrected chi connectivity index (χ0v) is 15.1. The van der Waals surface area contributed by atoms with E-state index < -0.39 is 0 Å². The average molecular weight is 357 g/mol. The predicted octanol–water partition coefficient (Wildman–Crippen LogP) is 4.86. The number of methoxy groups -OCH3 is 2. The summed E-state index contributed by atoms with van der Waals surface area (Å²) in [5.74, 6) is 3.28. The van der Waals surface area contributed by atoms with Crippen LogP contribution in [0.4, 0.5) is 0 Å². The van der Waals surface area contributed by atoms with Gasteiger partial charge in [-0.05, 0) is 61.4 Å². The second-order valence-electron chi connectivity index (χ2n) is 6.06. The molecule has 0 amide bonds. The van der Waals surface area contributed by atoms with Crippen molar-refractivity contribution in [3.63, 3.8) is 0 Å². The van der Waals surface area contributed by atoms with Gasteiger partial charge in [-0.2, -0.15) is 0 Å². The van der Waals surface area contributed by atoms with Gasteiger partial charge >= 0.3 is 0 Å². The van der Waals surface area contributed by atoms with Crippen LogP contribution in [-0.2, 0) is 0 Å². The molecule has 1 aromatic heterocycles. The molecule has 25 heavy (non-hydrogen) atoms. The molecule has 5 heteroatoms. The second-order valence-corrected chi connectivity index (χ2v) is 6.06. The lowest BCUT2D eigenvalue weighted by Gasteiger charge is -2.09. The number of aromatic nitrogens is 2. The normalized spacial score (nSPS) is 13.2. The highest BCUT2D eigenvalue weighted by Crippen LogP contribution is 2.41. The van der Waals surface area contributed by atoms with E-state index in [4.69, 9.17) is 14.5 Å². The molecule has 0 aliphatic heterocycles. The minimum absolute atomic E-state index is 0. The van der Waals surface area contributed by atoms with Gasteiger partial charge in [0, 0.05) is 23.4 Å². The molecule has 0 unspecified atom stereocenters. The number of hydrogen-bond acceptors (Lipinski definition) is 3. The molecule has 1 aliphatic rings. The van der Waals surface area contributed by atoms with Crippen LogP contribution in [0.5, 0.6) is 11.5 Å². The summed E-state index contributed by atoms with van der Waals surface area (Å²) in [5.41, 5.74) is 3.34. The Morgan fingerprint density at radius 3 is 1.96 bits per heavy atom. The van der Waals surface area contributed by atoms with Crippen LogP contribution in [-0.4, -0.2) is 23.8 Å². The SMILES string of the molecule is COc1ccc(-c2nc(C3CC3)cn2-c2ccc(OC)cc2)cc1.Cl. The summed E-state index contributed by atoms with van der Waals surface area (Å²) in [4.78, 5) is 4.91. The monoisotopic (exact) mass is 356 g/mol. The van der Waals surface area contributed by atoms with Crippen molar-refractivity contribution in [1.82, 2.24) is 9.55 Å². The minimum Gasteiger partial charge on any atom is -0.497 e. The molecule has 130 valence electrons. The first kappa shape index (κ1) is 17.4. The van der Waals surface area contributed by atoms with Crippen molar-refractivity contribution in [2.24, 2.45) is 0 Å². The van der Waals surface area contributed by atoms with Crippen molar-refractivity contribution in [2.45, 2.75) is 18.8 Å². The number of hydrogen-bond donors (Lipinski definition) is 0. The van der Waals surface area contributed by atoms with E-state index >= 15 is 0 Å². The lowest BCUT2D eigenvalue weighted by Crippen LogP contribution is -1.96. The molecule has 3 aromatic rings. The van der Waals surface area contributed by atoms with Gasteiger partial charge in [0.15, 0.2) is 0 Å². The van der Waals surface area contributed by atoms with Crippen LogP contribution in [0.25, 0.3) is 17.1 Å². The molecular formula is C20H21ClN2O2. The van der Waals surface area contributed by atoms with E-state index in [1.807, 2.05) is 24.3 Å². The molecule has 0 bridgehead atoms. The maximum absolute atomic E-state index is 5.26. The zero-order chi connectivity index (χ0) is 16.5. The standard InChI is InChI=1S/C20H20N2O2.ClH/c1-23-17-9-5-15(6-10-17)20-21-19(14-3-4-14)13-22(20)16-7-11-18(24-2)12-8-16;/h5-14H,3-4H2,1-2H3;1H. The third-order valence-corrected chi connectivity index (χ3v) is 4.42. The van der Waals surface area contributed by atoms with Gasteiger partial charge in [0.2, 0.25) is 0 Å². The van der Waals surface area contributed by atoms with Crippen molar-refractivity contribution >= 4 is 12.4 Å². The van der Waals surface area contributed by atoms with Gasteiger partial charge in [-0.15, -0.1) is 12.4 Å². The third kappa shape index (κ3) is 3.49. The van der Waals surface area contributed by atoms with Crippen molar-refractivity contribution in [3.05, 3.63) is 60.4 Å². The summed E-state index contributed by atoms with van der Waals surface area (Å²) in [6, 6.07) is 16.1. The lowest BCUT2D eigenvalue weighted by atomic mass is 10.2. The maximum atomic E-state index is 5.26. The highest BCUT2D eigenvalue weighted by atomic mass is 35.5. The fraction of sp³-hybridized carbons (Fsp3) is 0.250. The summed E-state index contributed by atoms with van der Waals surface area (Å²) in [7, 11) is 3.36. The highest BCUT2D eigenvalue weighted by molar-refractivity contribution is 5.85. The smallest absolute Gasteiger partial charge is 0.144 e. The summed E-state index contributed by atoms with van der Waals surface area (Å²) < 4.78 is 12.7. The number of benzene rings is 2. The van der Waals surface area contributed by atoms with Crippen LogP contribution in [0.15, 0.2) is 54.7 Å². The fourth-order valence-corrected chi connectivity index (χ4v) is 2.86. The van der Waals surface area contributed by atoms with Crippen LogP contribution in [0.1, 0.15) is 24.5 Å². The van der Waals surface area contributed by atoms with Gasteiger partial charge in [0.1, 0.15) is 17.3 Å². The Balaban J connectivity index is 0.00000182. The van der Waals surface area contributed by atoms with E-state index in [9.17, 15) is 0 Å². The molecule has 0 N–H and O–H groups in total. The van der Waals surface area contributed by atoms with Gasteiger partial charge in [-0.1, -0.05) is 0 Å². The van der Waals surface area contributed by atoms with Gasteiger partial charge < -0.3 is 9.47 Å². The Kier molecular flexibility index (Phi) is 5.00. The first-order valence-corrected chi connectivity index (χ1v) is 8.16. The van der Waals surface area contributed by atoms with Crippen molar-refractivity contribution < 1.29 is 9.47 Å². The molecular weight excluding hydrogens is 336 g/mol. The number of nitrogens with zero attached hydrogens (tertiary/aromatic N) is 2. The van der Waals surface area contributed by atoms with Gasteiger partial charge in [-0.25, -0.2) is 4.98 Å². The fourth-order valence-electron chi connectivity index (χ4n) is 2.86. The van der Waals surface area contributed by atoms with E-state index in [0.29, 0.717) is 5.92 Å². The van der Waals surface area contributed by atoms with E-state index in [1.165, 1.54) is 18.5 Å². The number of rotatable bonds is 5. The topological polar surface area (TPSA) is 36.3 Å². The quantitative estimate of drug-likeness (QED) is 0.655. The molecule has 1 heterocycles. The third-order valence-electron chi connectivity index (χ3n) is 4.42. The molecule has 2 aromatic carbocycles.